The van der Waals surface area contributed by atoms with Gasteiger partial charge in [0.2, 0.25) is 0 Å². The molecule has 0 fully saturated rings. The van der Waals surface area contributed by atoms with Crippen LogP contribution >= 0.6 is 0 Å². The normalized spacial score (nSPS) is 11.0. The first-order valence-corrected chi connectivity index (χ1v) is 16.2. The van der Waals surface area contributed by atoms with Gasteiger partial charge in [0.1, 0.15) is 0 Å². The van der Waals surface area contributed by atoms with Crippen molar-refractivity contribution in [1.29, 1.82) is 0 Å². The zero-order chi connectivity index (χ0) is 33.0. The van der Waals surface area contributed by atoms with Gasteiger partial charge in [-0.3, -0.25) is 15.0 Å². The summed E-state index contributed by atoms with van der Waals surface area (Å²) in [6.45, 7) is 2.00. The molecule has 0 saturated heterocycles. The Hall–Kier alpha value is -6.59. The largest absolute Gasteiger partial charge is 0.261 e. The van der Waals surface area contributed by atoms with Crippen LogP contribution in [0.1, 0.15) is 5.69 Å². The maximum atomic E-state index is 5.15. The van der Waals surface area contributed by atoms with Crippen LogP contribution in [-0.2, 0) is 0 Å². The summed E-state index contributed by atoms with van der Waals surface area (Å²) in [7, 11) is 0. The van der Waals surface area contributed by atoms with Crippen molar-refractivity contribution in [2.75, 3.05) is 0 Å². The minimum Gasteiger partial charge on any atom is -0.261 e. The fourth-order valence-corrected chi connectivity index (χ4v) is 5.96. The molecule has 0 aliphatic rings. The van der Waals surface area contributed by atoms with Gasteiger partial charge in [-0.1, -0.05) is 115 Å². The molecule has 8 aromatic rings. The molecule has 0 aliphatic carbocycles. The van der Waals surface area contributed by atoms with E-state index in [1.807, 2.05) is 55.6 Å². The van der Waals surface area contributed by atoms with Gasteiger partial charge in [-0.05, 0) is 65.1 Å². The van der Waals surface area contributed by atoms with Crippen LogP contribution in [0, 0.1) is 6.92 Å². The molecule has 0 radical (unpaired) electrons. The molecule has 0 bridgehead atoms. The van der Waals surface area contributed by atoms with Crippen LogP contribution in [0.4, 0.5) is 0 Å². The van der Waals surface area contributed by atoms with Crippen LogP contribution < -0.4 is 0 Å². The molecule has 0 spiro atoms. The van der Waals surface area contributed by atoms with E-state index in [-0.39, 0.29) is 0 Å². The van der Waals surface area contributed by atoms with E-state index in [9.17, 15) is 0 Å². The molecule has 49 heavy (non-hydrogen) atoms. The number of pyridine rings is 1. The lowest BCUT2D eigenvalue weighted by molar-refractivity contribution is 1.18. The van der Waals surface area contributed by atoms with E-state index < -0.39 is 0 Å². The Morgan fingerprint density at radius 2 is 0.837 bits per heavy atom. The van der Waals surface area contributed by atoms with Gasteiger partial charge in [-0.25, -0.2) is 9.97 Å². The second kappa shape index (κ2) is 13.3. The minimum absolute atomic E-state index is 0.668. The van der Waals surface area contributed by atoms with Gasteiger partial charge >= 0.3 is 0 Å². The molecule has 5 nitrogen and oxygen atoms in total. The monoisotopic (exact) mass is 629 g/mol. The molecule has 5 aromatic carbocycles. The minimum atomic E-state index is 0.668. The smallest absolute Gasteiger partial charge is 0.160 e. The van der Waals surface area contributed by atoms with Gasteiger partial charge in [0.15, 0.2) is 5.82 Å². The number of benzene rings is 5. The predicted octanol–water partition coefficient (Wildman–Crippen LogP) is 10.6. The van der Waals surface area contributed by atoms with Crippen molar-refractivity contribution < 1.29 is 0 Å². The molecule has 0 amide bonds. The highest BCUT2D eigenvalue weighted by Crippen LogP contribution is 2.35. The molecule has 0 atom stereocenters. The molecule has 5 heteroatoms. The van der Waals surface area contributed by atoms with Gasteiger partial charge in [-0.2, -0.15) is 0 Å². The maximum Gasteiger partial charge on any atom is 0.160 e. The lowest BCUT2D eigenvalue weighted by atomic mass is 9.94. The molecule has 0 saturated carbocycles. The average Bonchev–Trinajstić information content (AvgIpc) is 3.19. The lowest BCUT2D eigenvalue weighted by Crippen LogP contribution is -1.97. The topological polar surface area (TPSA) is 64.5 Å². The predicted molar refractivity (Wildman–Crippen MR) is 198 cm³/mol. The first-order valence-electron chi connectivity index (χ1n) is 16.2. The van der Waals surface area contributed by atoms with Crippen molar-refractivity contribution in [3.63, 3.8) is 0 Å². The third-order valence-electron chi connectivity index (χ3n) is 8.60. The van der Waals surface area contributed by atoms with E-state index in [0.717, 1.165) is 78.4 Å². The number of aromatic nitrogens is 5. The summed E-state index contributed by atoms with van der Waals surface area (Å²) >= 11 is 0. The second-order valence-corrected chi connectivity index (χ2v) is 11.9. The summed E-state index contributed by atoms with van der Waals surface area (Å²) in [4.78, 5) is 23.5. The van der Waals surface area contributed by atoms with Crippen LogP contribution in [0.15, 0.2) is 170 Å². The molecule has 3 heterocycles. The molecule has 0 unspecified atom stereocenters. The van der Waals surface area contributed by atoms with E-state index in [0.29, 0.717) is 5.82 Å². The summed E-state index contributed by atoms with van der Waals surface area (Å²) in [5.74, 6) is 0.668. The summed E-state index contributed by atoms with van der Waals surface area (Å²) in [5, 5.41) is 0. The van der Waals surface area contributed by atoms with E-state index in [1.165, 1.54) is 0 Å². The number of hydrogen-bond donors (Lipinski definition) is 0. The van der Waals surface area contributed by atoms with E-state index >= 15 is 0 Å². The van der Waals surface area contributed by atoms with E-state index in [2.05, 4.69) is 118 Å². The fourth-order valence-electron chi connectivity index (χ4n) is 5.96. The van der Waals surface area contributed by atoms with Gasteiger partial charge in [0, 0.05) is 52.1 Å². The highest BCUT2D eigenvalue weighted by atomic mass is 14.9. The highest BCUT2D eigenvalue weighted by Gasteiger charge is 2.14. The molecule has 0 aliphatic heterocycles. The van der Waals surface area contributed by atoms with E-state index in [1.54, 1.807) is 18.6 Å². The summed E-state index contributed by atoms with van der Waals surface area (Å²) in [6, 6.07) is 50.5. The Bertz CT molecular complexity index is 2280. The third-order valence-corrected chi connectivity index (χ3v) is 8.60. The molecule has 3 aromatic heterocycles. The van der Waals surface area contributed by atoms with Crippen LogP contribution in [0.25, 0.3) is 78.5 Å². The Morgan fingerprint density at radius 1 is 0.347 bits per heavy atom. The Morgan fingerprint density at radius 3 is 1.35 bits per heavy atom. The summed E-state index contributed by atoms with van der Waals surface area (Å²) in [6.07, 6.45) is 7.11. The standard InChI is InChI=1S/C44H31N5/c1-30-12-13-37(28-47-30)31-14-16-32(17-15-31)38-24-39(33-18-20-36(21-19-33)43-29-45-22-23-46-43)26-40(25-38)44-48-41(34-8-4-2-5-9-34)27-42(49-44)35-10-6-3-7-11-35/h2-29H,1H3. The number of rotatable bonds is 7. The quantitative estimate of drug-likeness (QED) is 0.175. The van der Waals surface area contributed by atoms with Crippen molar-refractivity contribution >= 4 is 0 Å². The SMILES string of the molecule is Cc1ccc(-c2ccc(-c3cc(-c4ccc(-c5cnccn5)cc4)cc(-c4nc(-c5ccccc5)cc(-c5ccccc5)n4)c3)cc2)cn1. The van der Waals surface area contributed by atoms with Crippen LogP contribution in [0.2, 0.25) is 0 Å². The average molecular weight is 630 g/mol. The van der Waals surface area contributed by atoms with Gasteiger partial charge in [0.25, 0.3) is 0 Å². The second-order valence-electron chi connectivity index (χ2n) is 11.9. The Balaban J connectivity index is 1.27. The van der Waals surface area contributed by atoms with Gasteiger partial charge in [-0.15, -0.1) is 0 Å². The Kier molecular flexibility index (Phi) is 8.06. The molecular formula is C44H31N5. The molecular weight excluding hydrogens is 599 g/mol. The summed E-state index contributed by atoms with van der Waals surface area (Å²) in [5.41, 5.74) is 14.2. The molecule has 0 N–H and O–H groups in total. The van der Waals surface area contributed by atoms with Crippen LogP contribution in [0.3, 0.4) is 0 Å². The third kappa shape index (κ3) is 6.51. The summed E-state index contributed by atoms with van der Waals surface area (Å²) < 4.78 is 0. The maximum absolute atomic E-state index is 5.15. The lowest BCUT2D eigenvalue weighted by Gasteiger charge is -2.13. The van der Waals surface area contributed by atoms with Crippen molar-refractivity contribution in [2.45, 2.75) is 6.92 Å². The van der Waals surface area contributed by atoms with E-state index in [4.69, 9.17) is 9.97 Å². The fraction of sp³-hybridized carbons (Fsp3) is 0.0227. The zero-order valence-electron chi connectivity index (χ0n) is 26.9. The number of hydrogen-bond acceptors (Lipinski definition) is 5. The van der Waals surface area contributed by atoms with Crippen LogP contribution in [0.5, 0.6) is 0 Å². The zero-order valence-corrected chi connectivity index (χ0v) is 26.9. The number of aryl methyl sites for hydroxylation is 1. The molecule has 8 rings (SSSR count). The van der Waals surface area contributed by atoms with Gasteiger partial charge < -0.3 is 0 Å². The van der Waals surface area contributed by atoms with Crippen molar-refractivity contribution in [1.82, 2.24) is 24.9 Å². The molecule has 232 valence electrons. The highest BCUT2D eigenvalue weighted by molar-refractivity contribution is 5.82. The van der Waals surface area contributed by atoms with Crippen molar-refractivity contribution in [3.8, 4) is 78.5 Å². The van der Waals surface area contributed by atoms with Crippen molar-refractivity contribution in [2.24, 2.45) is 0 Å². The first kappa shape index (κ1) is 29.8. The first-order chi connectivity index (χ1) is 24.2. The number of nitrogens with zero attached hydrogens (tertiary/aromatic N) is 5. The van der Waals surface area contributed by atoms with Crippen LogP contribution in [-0.4, -0.2) is 24.9 Å². The Labute approximate surface area is 285 Å². The van der Waals surface area contributed by atoms with Crippen molar-refractivity contribution in [3.05, 3.63) is 176 Å². The van der Waals surface area contributed by atoms with Gasteiger partial charge in [0.05, 0.1) is 23.3 Å².